The molecule has 0 saturated heterocycles. The highest BCUT2D eigenvalue weighted by atomic mass is 32.2. The van der Waals surface area contributed by atoms with E-state index in [9.17, 15) is 9.00 Å². The number of anilines is 1. The van der Waals surface area contributed by atoms with Gasteiger partial charge in [-0.1, -0.05) is 13.8 Å². The van der Waals surface area contributed by atoms with E-state index in [1.807, 2.05) is 25.3 Å². The van der Waals surface area contributed by atoms with Crippen LogP contribution >= 0.6 is 11.8 Å². The van der Waals surface area contributed by atoms with E-state index in [1.54, 1.807) is 48.2 Å². The summed E-state index contributed by atoms with van der Waals surface area (Å²) in [6, 6.07) is 14.2. The van der Waals surface area contributed by atoms with Crippen LogP contribution in [0.1, 0.15) is 31.1 Å². The van der Waals surface area contributed by atoms with E-state index in [-0.39, 0.29) is 11.9 Å². The molecule has 2 rings (SSSR count). The van der Waals surface area contributed by atoms with Crippen LogP contribution in [0.5, 0.6) is 0 Å². The maximum Gasteiger partial charge on any atom is 0.255 e. The number of nitrogens with one attached hydrogen (secondary N) is 2. The number of hydrogen-bond acceptors (Lipinski definition) is 5. The fourth-order valence-electron chi connectivity index (χ4n) is 1.90. The summed E-state index contributed by atoms with van der Waals surface area (Å²) >= 11 is 0.0197. The number of amides is 1. The van der Waals surface area contributed by atoms with Crippen molar-refractivity contribution in [3.63, 3.8) is 0 Å². The monoisotopic (exact) mass is 392 g/mol. The summed E-state index contributed by atoms with van der Waals surface area (Å²) in [5, 5.41) is 2.83. The summed E-state index contributed by atoms with van der Waals surface area (Å²) in [5.74, 6) is 0.185. The molecule has 2 atom stereocenters. The molecule has 2 unspecified atom stereocenters. The van der Waals surface area contributed by atoms with E-state index in [2.05, 4.69) is 24.6 Å². The average molecular weight is 393 g/mol. The van der Waals surface area contributed by atoms with Gasteiger partial charge in [0.2, 0.25) is 11.1 Å². The van der Waals surface area contributed by atoms with Gasteiger partial charge in [0.15, 0.2) is 0 Å². The van der Waals surface area contributed by atoms with Crippen LogP contribution in [0.4, 0.5) is 5.69 Å². The van der Waals surface area contributed by atoms with Gasteiger partial charge in [-0.3, -0.25) is 4.79 Å². The van der Waals surface area contributed by atoms with Crippen LogP contribution < -0.4 is 10.8 Å². The average Bonchev–Trinajstić information content (AvgIpc) is 2.66. The van der Waals surface area contributed by atoms with Gasteiger partial charge in [0.05, 0.1) is 4.90 Å². The molecule has 0 aliphatic rings. The summed E-state index contributed by atoms with van der Waals surface area (Å²) < 4.78 is 17.3. The van der Waals surface area contributed by atoms with E-state index in [0.717, 1.165) is 4.90 Å². The molecule has 2 aromatic rings. The van der Waals surface area contributed by atoms with Crippen molar-refractivity contribution in [1.82, 2.24) is 5.48 Å². The lowest BCUT2D eigenvalue weighted by molar-refractivity contribution is 0.102. The Kier molecular flexibility index (Phi) is 7.84. The number of hydrogen-bond donors (Lipinski definition) is 2. The Morgan fingerprint density at radius 2 is 1.65 bits per heavy atom. The largest absolute Gasteiger partial charge is 0.322 e. The third-order valence-electron chi connectivity index (χ3n) is 3.97. The Bertz CT molecular complexity index is 746. The zero-order chi connectivity index (χ0) is 19.1. The Morgan fingerprint density at radius 3 is 2.19 bits per heavy atom. The summed E-state index contributed by atoms with van der Waals surface area (Å²) in [7, 11) is 0. The van der Waals surface area contributed by atoms with Gasteiger partial charge in [-0.2, -0.15) is 9.76 Å². The fourth-order valence-corrected chi connectivity index (χ4v) is 3.00. The molecule has 0 radical (unpaired) electrons. The van der Waals surface area contributed by atoms with Crippen LogP contribution in [0, 0.1) is 5.92 Å². The van der Waals surface area contributed by atoms with Crippen LogP contribution in [0.2, 0.25) is 0 Å². The van der Waals surface area contributed by atoms with Crippen molar-refractivity contribution in [3.8, 4) is 0 Å². The van der Waals surface area contributed by atoms with E-state index < -0.39 is 11.1 Å². The minimum Gasteiger partial charge on any atom is -0.322 e. The lowest BCUT2D eigenvalue weighted by Crippen LogP contribution is -2.31. The highest BCUT2D eigenvalue weighted by Crippen LogP contribution is 2.17. The molecule has 0 aliphatic carbocycles. The normalized spacial score (nSPS) is 13.4. The van der Waals surface area contributed by atoms with Gasteiger partial charge in [0.1, 0.15) is 0 Å². The first-order valence-corrected chi connectivity index (χ1v) is 10.6. The number of hydroxylamine groups is 1. The molecule has 1 amide bonds. The van der Waals surface area contributed by atoms with Gasteiger partial charge in [-0.05, 0) is 67.6 Å². The number of benzene rings is 2. The third kappa shape index (κ3) is 5.95. The molecule has 26 heavy (non-hydrogen) atoms. The number of thioether (sulfide) groups is 1. The van der Waals surface area contributed by atoms with Gasteiger partial charge in [0.25, 0.3) is 5.91 Å². The van der Waals surface area contributed by atoms with Crippen molar-refractivity contribution >= 4 is 34.4 Å². The first kappa shape index (κ1) is 20.6. The van der Waals surface area contributed by atoms with Gasteiger partial charge < -0.3 is 5.32 Å². The maximum absolute atomic E-state index is 12.3. The van der Waals surface area contributed by atoms with Gasteiger partial charge in [0, 0.05) is 22.2 Å². The van der Waals surface area contributed by atoms with Crippen molar-refractivity contribution in [3.05, 3.63) is 54.1 Å². The summed E-state index contributed by atoms with van der Waals surface area (Å²) in [5.41, 5.74) is 4.01. The molecule has 0 bridgehead atoms. The molecule has 0 aromatic heterocycles. The molecular weight excluding hydrogens is 368 g/mol. The quantitative estimate of drug-likeness (QED) is 0.519. The van der Waals surface area contributed by atoms with Crippen LogP contribution in [-0.4, -0.2) is 22.4 Å². The first-order valence-electron chi connectivity index (χ1n) is 8.30. The summed E-state index contributed by atoms with van der Waals surface area (Å²) in [6.07, 6.45) is 1.99. The summed E-state index contributed by atoms with van der Waals surface area (Å²) in [6.45, 7) is 6.07. The molecule has 0 spiro atoms. The smallest absolute Gasteiger partial charge is 0.255 e. The lowest BCUT2D eigenvalue weighted by Gasteiger charge is -2.16. The highest BCUT2D eigenvalue weighted by Gasteiger charge is 2.11. The van der Waals surface area contributed by atoms with Crippen molar-refractivity contribution in [2.24, 2.45) is 5.92 Å². The highest BCUT2D eigenvalue weighted by molar-refractivity contribution is 7.98. The van der Waals surface area contributed by atoms with Gasteiger partial charge in [-0.15, -0.1) is 11.8 Å². The molecule has 0 fully saturated rings. The lowest BCUT2D eigenvalue weighted by atomic mass is 10.1. The van der Waals surface area contributed by atoms with Gasteiger partial charge in [-0.25, -0.2) is 4.21 Å². The Labute approximate surface area is 161 Å². The van der Waals surface area contributed by atoms with Crippen molar-refractivity contribution in [1.29, 1.82) is 0 Å². The Balaban J connectivity index is 1.93. The topological polar surface area (TPSA) is 67.4 Å². The fraction of sp³-hybridized carbons (Fsp3) is 0.316. The van der Waals surface area contributed by atoms with E-state index >= 15 is 0 Å². The van der Waals surface area contributed by atoms with E-state index in [4.69, 9.17) is 4.28 Å². The molecule has 0 aliphatic heterocycles. The first-order chi connectivity index (χ1) is 12.4. The number of carbonyl (C=O) groups is 1. The van der Waals surface area contributed by atoms with E-state index in [0.29, 0.717) is 22.1 Å². The second-order valence-electron chi connectivity index (χ2n) is 6.18. The third-order valence-corrected chi connectivity index (χ3v) is 5.61. The van der Waals surface area contributed by atoms with Crippen LogP contribution in [0.25, 0.3) is 0 Å². The second-order valence-corrected chi connectivity index (χ2v) is 8.16. The molecule has 2 aromatic carbocycles. The zero-order valence-corrected chi connectivity index (χ0v) is 16.9. The maximum atomic E-state index is 12.3. The van der Waals surface area contributed by atoms with Crippen LogP contribution in [0.3, 0.4) is 0 Å². The molecule has 2 N–H and O–H groups in total. The molecule has 140 valence electrons. The number of carbonyl (C=O) groups excluding carboxylic acids is 1. The van der Waals surface area contributed by atoms with Crippen molar-refractivity contribution in [2.45, 2.75) is 36.6 Å². The Hall–Kier alpha value is -1.67. The van der Waals surface area contributed by atoms with Crippen LogP contribution in [0.15, 0.2) is 58.3 Å². The molecular formula is C19H24N2O3S2. The van der Waals surface area contributed by atoms with Crippen LogP contribution in [-0.2, 0) is 15.4 Å². The molecule has 0 saturated carbocycles. The van der Waals surface area contributed by atoms with Crippen molar-refractivity contribution < 1.29 is 13.3 Å². The predicted molar refractivity (Wildman–Crippen MR) is 108 cm³/mol. The molecule has 5 nitrogen and oxygen atoms in total. The van der Waals surface area contributed by atoms with Crippen molar-refractivity contribution in [2.75, 3.05) is 11.6 Å². The molecule has 7 heteroatoms. The minimum atomic E-state index is -1.61. The standard InChI is InChI=1S/C19H24N2O3S2/c1-13(2)14(3)21-24-26(23)18-11-7-16(8-12-18)20-19(22)15-5-9-17(25-4)10-6-15/h5-14,21H,1-4H3,(H,20,22). The second kappa shape index (κ2) is 9.87. The number of rotatable bonds is 8. The SMILES string of the molecule is CSc1ccc(C(=O)Nc2ccc(S(=O)ONC(C)C(C)C)cc2)cc1. The molecule has 0 heterocycles. The summed E-state index contributed by atoms with van der Waals surface area (Å²) in [4.78, 5) is 13.9. The van der Waals surface area contributed by atoms with E-state index in [1.165, 1.54) is 0 Å². The minimum absolute atomic E-state index is 0.0926. The zero-order valence-electron chi connectivity index (χ0n) is 15.3. The van der Waals surface area contributed by atoms with Gasteiger partial charge >= 0.3 is 0 Å². The Morgan fingerprint density at radius 1 is 1.04 bits per heavy atom. The predicted octanol–water partition coefficient (Wildman–Crippen LogP) is 4.25.